The normalized spacial score (nSPS) is 9.64. The van der Waals surface area contributed by atoms with Gasteiger partial charge < -0.3 is 9.47 Å². The molecule has 1 aromatic rings. The lowest BCUT2D eigenvalue weighted by Crippen LogP contribution is -1.96. The monoisotopic (exact) mass is 198 g/mol. The first kappa shape index (κ1) is 10.5. The van der Waals surface area contributed by atoms with Crippen molar-refractivity contribution < 1.29 is 18.7 Å². The Labute approximate surface area is 81.4 Å². The lowest BCUT2D eigenvalue weighted by atomic mass is 10.1. The van der Waals surface area contributed by atoms with Crippen LogP contribution in [0.25, 0.3) is 0 Å². The Kier molecular flexibility index (Phi) is 3.45. The molecule has 1 rings (SSSR count). The summed E-state index contributed by atoms with van der Waals surface area (Å²) in [6, 6.07) is 2.92. The van der Waals surface area contributed by atoms with E-state index in [9.17, 15) is 9.18 Å². The van der Waals surface area contributed by atoms with Gasteiger partial charge in [0.05, 0.1) is 19.8 Å². The maximum Gasteiger partial charge on any atom is 0.153 e. The van der Waals surface area contributed by atoms with E-state index in [-0.39, 0.29) is 0 Å². The topological polar surface area (TPSA) is 35.5 Å². The molecule has 14 heavy (non-hydrogen) atoms. The van der Waals surface area contributed by atoms with Gasteiger partial charge in [0.25, 0.3) is 0 Å². The van der Waals surface area contributed by atoms with Gasteiger partial charge >= 0.3 is 0 Å². The fourth-order valence-corrected chi connectivity index (χ4v) is 1.18. The van der Waals surface area contributed by atoms with Gasteiger partial charge in [-0.05, 0) is 12.1 Å². The molecule has 0 spiro atoms. The Bertz CT molecular complexity index is 336. The molecule has 0 heterocycles. The van der Waals surface area contributed by atoms with E-state index in [1.165, 1.54) is 26.4 Å². The zero-order valence-corrected chi connectivity index (χ0v) is 8.04. The fraction of sp³-hybridized carbons (Fsp3) is 0.300. The zero-order chi connectivity index (χ0) is 10.6. The van der Waals surface area contributed by atoms with Crippen LogP contribution in [0.15, 0.2) is 12.1 Å². The average Bonchev–Trinajstić information content (AvgIpc) is 2.26. The summed E-state index contributed by atoms with van der Waals surface area (Å²) in [5.41, 5.74) is 0.719. The summed E-state index contributed by atoms with van der Waals surface area (Å²) >= 11 is 0. The third-order valence-electron chi connectivity index (χ3n) is 1.90. The number of halogens is 1. The van der Waals surface area contributed by atoms with Gasteiger partial charge in [0.2, 0.25) is 0 Å². The standard InChI is InChI=1S/C10H11FO3/c1-13-9-4-8(6-12)10(14-2)3-7(9)5-11/h3-4,6H,5H2,1-2H3. The van der Waals surface area contributed by atoms with Crippen LogP contribution >= 0.6 is 0 Å². The molecule has 0 atom stereocenters. The molecular weight excluding hydrogens is 187 g/mol. The molecule has 0 aliphatic heterocycles. The first-order valence-corrected chi connectivity index (χ1v) is 4.02. The van der Waals surface area contributed by atoms with Gasteiger partial charge in [-0.25, -0.2) is 4.39 Å². The van der Waals surface area contributed by atoms with Crippen LogP contribution in [-0.2, 0) is 6.67 Å². The van der Waals surface area contributed by atoms with Crippen molar-refractivity contribution in [3.63, 3.8) is 0 Å². The molecular formula is C10H11FO3. The van der Waals surface area contributed by atoms with Crippen molar-refractivity contribution in [2.75, 3.05) is 14.2 Å². The fourth-order valence-electron chi connectivity index (χ4n) is 1.18. The van der Waals surface area contributed by atoms with Gasteiger partial charge in [-0.3, -0.25) is 4.79 Å². The minimum absolute atomic E-state index is 0.349. The number of hydrogen-bond acceptors (Lipinski definition) is 3. The summed E-state index contributed by atoms with van der Waals surface area (Å²) in [4.78, 5) is 10.6. The number of benzene rings is 1. The van der Waals surface area contributed by atoms with Crippen molar-refractivity contribution in [2.24, 2.45) is 0 Å². The van der Waals surface area contributed by atoms with Crippen LogP contribution in [0, 0.1) is 0 Å². The van der Waals surface area contributed by atoms with Crippen molar-refractivity contribution in [1.29, 1.82) is 0 Å². The van der Waals surface area contributed by atoms with Crippen LogP contribution in [0.4, 0.5) is 4.39 Å². The number of methoxy groups -OCH3 is 2. The molecule has 0 radical (unpaired) electrons. The van der Waals surface area contributed by atoms with E-state index in [0.29, 0.717) is 28.9 Å². The Morgan fingerprint density at radius 3 is 2.36 bits per heavy atom. The molecule has 0 saturated heterocycles. The number of aldehydes is 1. The highest BCUT2D eigenvalue weighted by molar-refractivity contribution is 5.80. The van der Waals surface area contributed by atoms with Crippen molar-refractivity contribution >= 4 is 6.29 Å². The maximum atomic E-state index is 12.5. The van der Waals surface area contributed by atoms with Crippen molar-refractivity contribution in [3.8, 4) is 11.5 Å². The molecule has 0 amide bonds. The maximum absolute atomic E-state index is 12.5. The predicted octanol–water partition coefficient (Wildman–Crippen LogP) is 1.99. The van der Waals surface area contributed by atoms with Crippen molar-refractivity contribution in [2.45, 2.75) is 6.67 Å². The number of alkyl halides is 1. The molecule has 0 aromatic heterocycles. The summed E-state index contributed by atoms with van der Waals surface area (Å²) < 4.78 is 22.3. The first-order chi connectivity index (χ1) is 6.76. The Morgan fingerprint density at radius 1 is 1.29 bits per heavy atom. The highest BCUT2D eigenvalue weighted by Gasteiger charge is 2.09. The van der Waals surface area contributed by atoms with Crippen LogP contribution in [0.1, 0.15) is 15.9 Å². The minimum Gasteiger partial charge on any atom is -0.496 e. The molecule has 0 N–H and O–H groups in total. The number of ether oxygens (including phenoxy) is 2. The lowest BCUT2D eigenvalue weighted by Gasteiger charge is -2.09. The zero-order valence-electron chi connectivity index (χ0n) is 8.04. The number of carbonyl (C=O) groups excluding carboxylic acids is 1. The second-order valence-electron chi connectivity index (χ2n) is 2.66. The lowest BCUT2D eigenvalue weighted by molar-refractivity contribution is 0.112. The smallest absolute Gasteiger partial charge is 0.153 e. The quantitative estimate of drug-likeness (QED) is 0.694. The van der Waals surface area contributed by atoms with Gasteiger partial charge in [0.1, 0.15) is 18.2 Å². The highest BCUT2D eigenvalue weighted by atomic mass is 19.1. The van der Waals surface area contributed by atoms with E-state index in [0.717, 1.165) is 0 Å². The van der Waals surface area contributed by atoms with Crippen LogP contribution in [0.5, 0.6) is 11.5 Å². The number of carbonyl (C=O) groups is 1. The van der Waals surface area contributed by atoms with E-state index >= 15 is 0 Å². The SMILES string of the molecule is COc1cc(CF)c(OC)cc1C=O. The summed E-state index contributed by atoms with van der Waals surface area (Å²) in [6.07, 6.45) is 0.642. The van der Waals surface area contributed by atoms with Crippen LogP contribution in [0.2, 0.25) is 0 Å². The van der Waals surface area contributed by atoms with E-state index < -0.39 is 6.67 Å². The molecule has 4 heteroatoms. The summed E-state index contributed by atoms with van der Waals surface area (Å²) in [5, 5.41) is 0. The first-order valence-electron chi connectivity index (χ1n) is 4.02. The molecule has 0 aliphatic carbocycles. The Balaban J connectivity index is 3.27. The van der Waals surface area contributed by atoms with Crippen LogP contribution in [0.3, 0.4) is 0 Å². The van der Waals surface area contributed by atoms with E-state index in [2.05, 4.69) is 0 Å². The molecule has 1 aromatic carbocycles. The van der Waals surface area contributed by atoms with Gasteiger partial charge in [0.15, 0.2) is 6.29 Å². The van der Waals surface area contributed by atoms with Gasteiger partial charge in [-0.1, -0.05) is 0 Å². The molecule has 0 bridgehead atoms. The molecule has 76 valence electrons. The molecule has 0 unspecified atom stereocenters. The molecule has 3 nitrogen and oxygen atoms in total. The van der Waals surface area contributed by atoms with Gasteiger partial charge in [0, 0.05) is 5.56 Å². The minimum atomic E-state index is -0.654. The summed E-state index contributed by atoms with van der Waals surface area (Å²) in [7, 11) is 2.85. The second-order valence-corrected chi connectivity index (χ2v) is 2.66. The third kappa shape index (κ3) is 1.84. The second kappa shape index (κ2) is 4.60. The van der Waals surface area contributed by atoms with Gasteiger partial charge in [-0.15, -0.1) is 0 Å². The van der Waals surface area contributed by atoms with Crippen molar-refractivity contribution in [1.82, 2.24) is 0 Å². The highest BCUT2D eigenvalue weighted by Crippen LogP contribution is 2.28. The predicted molar refractivity (Wildman–Crippen MR) is 49.7 cm³/mol. The van der Waals surface area contributed by atoms with Crippen LogP contribution in [-0.4, -0.2) is 20.5 Å². The number of hydrogen-bond donors (Lipinski definition) is 0. The summed E-state index contributed by atoms with van der Waals surface area (Å²) in [5.74, 6) is 0.712. The Hall–Kier alpha value is -1.58. The van der Waals surface area contributed by atoms with Gasteiger partial charge in [-0.2, -0.15) is 0 Å². The average molecular weight is 198 g/mol. The Morgan fingerprint density at radius 2 is 1.93 bits per heavy atom. The van der Waals surface area contributed by atoms with E-state index in [4.69, 9.17) is 9.47 Å². The van der Waals surface area contributed by atoms with Crippen LogP contribution < -0.4 is 9.47 Å². The molecule has 0 fully saturated rings. The van der Waals surface area contributed by atoms with Crippen molar-refractivity contribution in [3.05, 3.63) is 23.3 Å². The number of rotatable bonds is 4. The summed E-state index contributed by atoms with van der Waals surface area (Å²) in [6.45, 7) is -0.654. The largest absolute Gasteiger partial charge is 0.496 e. The van der Waals surface area contributed by atoms with E-state index in [1.54, 1.807) is 0 Å². The van der Waals surface area contributed by atoms with E-state index in [1.807, 2.05) is 0 Å². The molecule has 0 aliphatic rings. The third-order valence-corrected chi connectivity index (χ3v) is 1.90. The molecule has 0 saturated carbocycles.